The zero-order chi connectivity index (χ0) is 30.2. The SMILES string of the molecule is CCOc1ccccc1N(CC(=O)N(Cc1cccc(Br)c1)C(C)C(=O)NC(C)CC)S(=O)(=O)c1ccc(Cl)cc1. The average Bonchev–Trinajstić information content (AvgIpc) is 2.95. The van der Waals surface area contributed by atoms with Crippen molar-refractivity contribution < 1.29 is 22.7 Å². The Bertz CT molecular complexity index is 1450. The highest BCUT2D eigenvalue weighted by Crippen LogP contribution is 2.33. The van der Waals surface area contributed by atoms with E-state index in [-0.39, 0.29) is 29.1 Å². The molecule has 0 radical (unpaired) electrons. The van der Waals surface area contributed by atoms with Gasteiger partial charge in [0.2, 0.25) is 11.8 Å². The third-order valence-electron chi connectivity index (χ3n) is 6.52. The third-order valence-corrected chi connectivity index (χ3v) is 9.04. The van der Waals surface area contributed by atoms with Crippen LogP contribution >= 0.6 is 27.5 Å². The van der Waals surface area contributed by atoms with Crippen LogP contribution in [0.15, 0.2) is 82.2 Å². The molecule has 0 aliphatic carbocycles. The topological polar surface area (TPSA) is 96.0 Å². The van der Waals surface area contributed by atoms with Crippen molar-refractivity contribution in [1.29, 1.82) is 0 Å². The number of carbonyl (C=O) groups excluding carboxylic acids is 2. The number of benzene rings is 3. The predicted octanol–water partition coefficient (Wildman–Crippen LogP) is 6.03. The molecule has 8 nitrogen and oxygen atoms in total. The standard InChI is InChI=1S/C30H35BrClN3O5S/c1-5-21(3)33-30(37)22(4)34(19-23-10-9-11-24(31)18-23)29(36)20-35(27-12-7-8-13-28(27)40-6-2)41(38,39)26-16-14-25(32)15-17-26/h7-18,21-22H,5-6,19-20H2,1-4H3,(H,33,37). The second-order valence-electron chi connectivity index (χ2n) is 9.51. The molecule has 3 rings (SSSR count). The molecule has 11 heteroatoms. The number of ether oxygens (including phenoxy) is 1. The first-order valence-electron chi connectivity index (χ1n) is 13.3. The molecule has 2 atom stereocenters. The van der Waals surface area contributed by atoms with Crippen LogP contribution in [0, 0.1) is 0 Å². The molecule has 0 saturated heterocycles. The number of rotatable bonds is 13. The summed E-state index contributed by atoms with van der Waals surface area (Å²) in [5.41, 5.74) is 0.981. The lowest BCUT2D eigenvalue weighted by molar-refractivity contribution is -0.139. The minimum atomic E-state index is -4.25. The Kier molecular flexibility index (Phi) is 11.6. The van der Waals surface area contributed by atoms with Gasteiger partial charge in [0.1, 0.15) is 18.3 Å². The van der Waals surface area contributed by atoms with Crippen LogP contribution in [0.1, 0.15) is 39.7 Å². The van der Waals surface area contributed by atoms with Crippen molar-refractivity contribution in [3.8, 4) is 5.75 Å². The molecule has 220 valence electrons. The highest BCUT2D eigenvalue weighted by Gasteiger charge is 2.34. The number of amides is 2. The molecule has 0 aliphatic rings. The largest absolute Gasteiger partial charge is 0.492 e. The van der Waals surface area contributed by atoms with Crippen molar-refractivity contribution in [2.24, 2.45) is 0 Å². The minimum absolute atomic E-state index is 0.0397. The Balaban J connectivity index is 2.08. The lowest BCUT2D eigenvalue weighted by atomic mass is 10.1. The van der Waals surface area contributed by atoms with Gasteiger partial charge in [0.05, 0.1) is 17.2 Å². The summed E-state index contributed by atoms with van der Waals surface area (Å²) in [7, 11) is -4.25. The number of hydrogen-bond donors (Lipinski definition) is 1. The number of anilines is 1. The fourth-order valence-corrected chi connectivity index (χ4v) is 6.07. The van der Waals surface area contributed by atoms with Crippen LogP contribution in [0.3, 0.4) is 0 Å². The van der Waals surface area contributed by atoms with Crippen LogP contribution in [0.4, 0.5) is 5.69 Å². The van der Waals surface area contributed by atoms with E-state index < -0.39 is 28.5 Å². The molecule has 3 aromatic carbocycles. The quantitative estimate of drug-likeness (QED) is 0.241. The van der Waals surface area contributed by atoms with Gasteiger partial charge in [0, 0.05) is 22.1 Å². The molecule has 0 spiro atoms. The lowest BCUT2D eigenvalue weighted by Crippen LogP contribution is -2.52. The number of para-hydroxylation sites is 2. The van der Waals surface area contributed by atoms with Gasteiger partial charge in [0.15, 0.2) is 0 Å². The third kappa shape index (κ3) is 8.47. The van der Waals surface area contributed by atoms with Gasteiger partial charge in [-0.15, -0.1) is 0 Å². The summed E-state index contributed by atoms with van der Waals surface area (Å²) in [6.45, 7) is 7.09. The molecular formula is C30H35BrClN3O5S. The fourth-order valence-electron chi connectivity index (χ4n) is 4.07. The first-order valence-corrected chi connectivity index (χ1v) is 15.9. The zero-order valence-electron chi connectivity index (χ0n) is 23.5. The van der Waals surface area contributed by atoms with E-state index in [2.05, 4.69) is 21.2 Å². The summed E-state index contributed by atoms with van der Waals surface area (Å²) < 4.78 is 35.6. The van der Waals surface area contributed by atoms with E-state index in [9.17, 15) is 18.0 Å². The number of halogens is 2. The maximum atomic E-state index is 14.1. The Hall–Kier alpha value is -3.08. The minimum Gasteiger partial charge on any atom is -0.492 e. The number of sulfonamides is 1. The van der Waals surface area contributed by atoms with Gasteiger partial charge in [-0.1, -0.05) is 58.7 Å². The van der Waals surface area contributed by atoms with E-state index in [1.807, 2.05) is 38.1 Å². The smallest absolute Gasteiger partial charge is 0.264 e. The Morgan fingerprint density at radius 3 is 2.32 bits per heavy atom. The maximum Gasteiger partial charge on any atom is 0.264 e. The van der Waals surface area contributed by atoms with Gasteiger partial charge >= 0.3 is 0 Å². The van der Waals surface area contributed by atoms with Crippen LogP contribution < -0.4 is 14.4 Å². The molecular weight excluding hydrogens is 630 g/mol. The summed E-state index contributed by atoms with van der Waals surface area (Å²) in [6, 6.07) is 18.8. The maximum absolute atomic E-state index is 14.1. The monoisotopic (exact) mass is 663 g/mol. The predicted molar refractivity (Wildman–Crippen MR) is 166 cm³/mol. The van der Waals surface area contributed by atoms with E-state index in [1.54, 1.807) is 38.1 Å². The number of carbonyl (C=O) groups is 2. The van der Waals surface area contributed by atoms with Gasteiger partial charge < -0.3 is 15.0 Å². The zero-order valence-corrected chi connectivity index (χ0v) is 26.7. The van der Waals surface area contributed by atoms with E-state index >= 15 is 0 Å². The Morgan fingerprint density at radius 2 is 1.68 bits per heavy atom. The van der Waals surface area contributed by atoms with E-state index in [0.29, 0.717) is 17.4 Å². The second-order valence-corrected chi connectivity index (χ2v) is 12.7. The molecule has 2 amide bonds. The van der Waals surface area contributed by atoms with Crippen LogP contribution in [0.2, 0.25) is 5.02 Å². The van der Waals surface area contributed by atoms with Gasteiger partial charge in [-0.05, 0) is 81.3 Å². The molecule has 2 unspecified atom stereocenters. The van der Waals surface area contributed by atoms with E-state index in [0.717, 1.165) is 20.8 Å². The molecule has 0 aliphatic heterocycles. The summed E-state index contributed by atoms with van der Waals surface area (Å²) >= 11 is 9.47. The van der Waals surface area contributed by atoms with Crippen molar-refractivity contribution in [3.63, 3.8) is 0 Å². The van der Waals surface area contributed by atoms with Crippen LogP contribution in [0.25, 0.3) is 0 Å². The fraction of sp³-hybridized carbons (Fsp3) is 0.333. The summed E-state index contributed by atoms with van der Waals surface area (Å²) in [5, 5.41) is 3.31. The van der Waals surface area contributed by atoms with Gasteiger partial charge in [0.25, 0.3) is 10.0 Å². The molecule has 3 aromatic rings. The first-order chi connectivity index (χ1) is 19.5. The Morgan fingerprint density at radius 1 is 1.00 bits per heavy atom. The molecule has 0 aromatic heterocycles. The first kappa shape index (κ1) is 32.4. The van der Waals surface area contributed by atoms with E-state index in [4.69, 9.17) is 16.3 Å². The second kappa shape index (κ2) is 14.7. The van der Waals surface area contributed by atoms with Crippen molar-refractivity contribution in [3.05, 3.63) is 87.9 Å². The van der Waals surface area contributed by atoms with Gasteiger partial charge in [-0.3, -0.25) is 13.9 Å². The van der Waals surface area contributed by atoms with Crippen LogP contribution in [-0.2, 0) is 26.2 Å². The van der Waals surface area contributed by atoms with Crippen molar-refractivity contribution in [2.75, 3.05) is 17.5 Å². The van der Waals surface area contributed by atoms with Gasteiger partial charge in [-0.25, -0.2) is 8.42 Å². The normalized spacial score (nSPS) is 12.7. The lowest BCUT2D eigenvalue weighted by Gasteiger charge is -2.33. The van der Waals surface area contributed by atoms with Gasteiger partial charge in [-0.2, -0.15) is 0 Å². The molecule has 0 bridgehead atoms. The van der Waals surface area contributed by atoms with Crippen LogP contribution in [0.5, 0.6) is 5.75 Å². The average molecular weight is 665 g/mol. The molecule has 0 fully saturated rings. The van der Waals surface area contributed by atoms with Crippen molar-refractivity contribution in [2.45, 2.75) is 57.6 Å². The highest BCUT2D eigenvalue weighted by atomic mass is 79.9. The van der Waals surface area contributed by atoms with Crippen LogP contribution in [-0.4, -0.2) is 50.4 Å². The molecule has 0 heterocycles. The van der Waals surface area contributed by atoms with Crippen molar-refractivity contribution >= 4 is 55.1 Å². The summed E-state index contributed by atoms with van der Waals surface area (Å²) in [5.74, 6) is -0.577. The van der Waals surface area contributed by atoms with Crippen molar-refractivity contribution in [1.82, 2.24) is 10.2 Å². The summed E-state index contributed by atoms with van der Waals surface area (Å²) in [6.07, 6.45) is 0.722. The van der Waals surface area contributed by atoms with E-state index in [1.165, 1.54) is 29.2 Å². The Labute approximate surface area is 255 Å². The highest BCUT2D eigenvalue weighted by molar-refractivity contribution is 9.10. The molecule has 41 heavy (non-hydrogen) atoms. The summed E-state index contributed by atoms with van der Waals surface area (Å²) in [4.78, 5) is 28.6. The molecule has 1 N–H and O–H groups in total. The number of hydrogen-bond acceptors (Lipinski definition) is 5. The number of nitrogens with one attached hydrogen (secondary N) is 1. The molecule has 0 saturated carbocycles. The number of nitrogens with zero attached hydrogens (tertiary/aromatic N) is 2.